The van der Waals surface area contributed by atoms with Crippen molar-refractivity contribution >= 4 is 23.9 Å². The van der Waals surface area contributed by atoms with Crippen molar-refractivity contribution in [1.82, 2.24) is 0 Å². The molecule has 42 heavy (non-hydrogen) atoms. The molecule has 230 valence electrons. The van der Waals surface area contributed by atoms with Crippen molar-refractivity contribution < 1.29 is 38.1 Å². The molecular weight excluding hydrogens is 536 g/mol. The van der Waals surface area contributed by atoms with Gasteiger partial charge < -0.3 is 18.9 Å². The molecule has 2 aromatic carbocycles. The average molecular weight is 583 g/mol. The van der Waals surface area contributed by atoms with Gasteiger partial charge in [0, 0.05) is 11.8 Å². The van der Waals surface area contributed by atoms with E-state index in [4.69, 9.17) is 18.9 Å². The van der Waals surface area contributed by atoms with Crippen molar-refractivity contribution in [1.29, 1.82) is 0 Å². The molecule has 0 aliphatic rings. The molecule has 0 aliphatic heterocycles. The molecule has 0 bridgehead atoms. The Morgan fingerprint density at radius 3 is 0.857 bits per heavy atom. The molecule has 0 N–H and O–H groups in total. The zero-order valence-electron chi connectivity index (χ0n) is 26.2. The second-order valence-corrected chi connectivity index (χ2v) is 10.7. The van der Waals surface area contributed by atoms with Gasteiger partial charge in [-0.15, -0.1) is 0 Å². The summed E-state index contributed by atoms with van der Waals surface area (Å²) >= 11 is 0. The Bertz CT molecular complexity index is 1040. The maximum atomic E-state index is 13.6. The van der Waals surface area contributed by atoms with Crippen molar-refractivity contribution in [3.05, 3.63) is 70.8 Å². The first-order valence-corrected chi connectivity index (χ1v) is 14.9. The fraction of sp³-hybridized carbons (Fsp3) is 0.529. The first-order chi connectivity index (χ1) is 20.0. The molecule has 2 aromatic rings. The number of esters is 4. The van der Waals surface area contributed by atoms with Gasteiger partial charge in [-0.25, -0.2) is 0 Å². The molecule has 8 nitrogen and oxygen atoms in total. The lowest BCUT2D eigenvalue weighted by Crippen LogP contribution is -2.42. The van der Waals surface area contributed by atoms with Crippen LogP contribution in [0, 0.1) is 11.8 Å². The minimum atomic E-state index is -1.48. The van der Waals surface area contributed by atoms with Crippen LogP contribution in [0.15, 0.2) is 48.5 Å². The molecule has 0 aliphatic carbocycles. The Balaban J connectivity index is 3.01. The number of rotatable bonds is 15. The van der Waals surface area contributed by atoms with E-state index in [0.717, 1.165) is 11.1 Å². The normalized spacial score (nSPS) is 12.8. The van der Waals surface area contributed by atoms with Crippen LogP contribution in [0.2, 0.25) is 0 Å². The van der Waals surface area contributed by atoms with Gasteiger partial charge >= 0.3 is 23.9 Å². The highest BCUT2D eigenvalue weighted by Gasteiger charge is 2.50. The number of benzene rings is 2. The lowest BCUT2D eigenvalue weighted by Gasteiger charge is -2.35. The third-order valence-corrected chi connectivity index (χ3v) is 7.24. The number of carbonyl (C=O) groups is 4. The molecule has 0 heterocycles. The highest BCUT2D eigenvalue weighted by molar-refractivity contribution is 5.99. The smallest absolute Gasteiger partial charge is 0.320 e. The van der Waals surface area contributed by atoms with Crippen molar-refractivity contribution in [3.63, 3.8) is 0 Å². The van der Waals surface area contributed by atoms with Gasteiger partial charge in [0.05, 0.1) is 26.4 Å². The van der Waals surface area contributed by atoms with Gasteiger partial charge in [-0.1, -0.05) is 76.2 Å². The quantitative estimate of drug-likeness (QED) is 0.137. The van der Waals surface area contributed by atoms with Crippen molar-refractivity contribution in [2.45, 2.75) is 79.1 Å². The minimum absolute atomic E-state index is 0.0285. The molecule has 8 heteroatoms. The van der Waals surface area contributed by atoms with Crippen LogP contribution in [-0.2, 0) is 38.1 Å². The van der Waals surface area contributed by atoms with Gasteiger partial charge in [0.25, 0.3) is 0 Å². The Morgan fingerprint density at radius 1 is 0.452 bits per heavy atom. The highest BCUT2D eigenvalue weighted by Crippen LogP contribution is 2.46. The van der Waals surface area contributed by atoms with Gasteiger partial charge in [-0.2, -0.15) is 0 Å². The lowest BCUT2D eigenvalue weighted by atomic mass is 9.68. The Hall–Kier alpha value is -3.68. The Labute approximate surface area is 250 Å². The molecule has 0 saturated carbocycles. The average Bonchev–Trinajstić information content (AvgIpc) is 2.95. The minimum Gasteiger partial charge on any atom is -0.465 e. The third-order valence-electron chi connectivity index (χ3n) is 7.24. The number of carbonyl (C=O) groups excluding carboxylic acids is 4. The largest absolute Gasteiger partial charge is 0.465 e. The summed E-state index contributed by atoms with van der Waals surface area (Å²) in [7, 11) is 0. The number of ether oxygens (including phenoxy) is 4. The van der Waals surface area contributed by atoms with Gasteiger partial charge in [0.15, 0.2) is 11.8 Å². The van der Waals surface area contributed by atoms with Crippen LogP contribution < -0.4 is 0 Å². The van der Waals surface area contributed by atoms with Crippen molar-refractivity contribution in [2.75, 3.05) is 26.4 Å². The molecule has 2 rings (SSSR count). The van der Waals surface area contributed by atoms with E-state index in [-0.39, 0.29) is 38.3 Å². The van der Waals surface area contributed by atoms with Crippen LogP contribution in [0.3, 0.4) is 0 Å². The third kappa shape index (κ3) is 8.66. The van der Waals surface area contributed by atoms with E-state index in [1.54, 1.807) is 27.7 Å². The molecular formula is C34H46O8. The molecule has 0 fully saturated rings. The predicted molar refractivity (Wildman–Crippen MR) is 160 cm³/mol. The van der Waals surface area contributed by atoms with E-state index in [1.807, 2.05) is 48.5 Å². The summed E-state index contributed by atoms with van der Waals surface area (Å²) in [6.45, 7) is 14.9. The number of hydrogen-bond donors (Lipinski definition) is 0. The lowest BCUT2D eigenvalue weighted by molar-refractivity contribution is -0.169. The van der Waals surface area contributed by atoms with Crippen LogP contribution in [0.5, 0.6) is 0 Å². The first-order valence-electron chi connectivity index (χ1n) is 14.9. The summed E-state index contributed by atoms with van der Waals surface area (Å²) in [5.74, 6) is -7.77. The highest BCUT2D eigenvalue weighted by atomic mass is 16.6. The second-order valence-electron chi connectivity index (χ2n) is 10.7. The summed E-state index contributed by atoms with van der Waals surface area (Å²) < 4.78 is 21.6. The second kappa shape index (κ2) is 16.7. The maximum absolute atomic E-state index is 13.6. The summed E-state index contributed by atoms with van der Waals surface area (Å²) in [5, 5.41) is 0. The van der Waals surface area contributed by atoms with Gasteiger partial charge in [0.2, 0.25) is 0 Å². The van der Waals surface area contributed by atoms with Crippen LogP contribution in [0.4, 0.5) is 0 Å². The van der Waals surface area contributed by atoms with E-state index in [9.17, 15) is 19.2 Å². The molecule has 2 atom stereocenters. The SMILES string of the molecule is CCOC(=O)C(C(=O)OCC)[C@H](c1ccc(C(C)C)cc1)[C@@H](c1ccc(C(C)C)cc1)C(C(=O)OCC)C(=O)OCC. The fourth-order valence-electron chi connectivity index (χ4n) is 5.13. The van der Waals surface area contributed by atoms with Crippen molar-refractivity contribution in [2.24, 2.45) is 11.8 Å². The van der Waals surface area contributed by atoms with Gasteiger partial charge in [-0.3, -0.25) is 19.2 Å². The van der Waals surface area contributed by atoms with Crippen LogP contribution in [0.1, 0.15) is 101 Å². The van der Waals surface area contributed by atoms with Crippen molar-refractivity contribution in [3.8, 4) is 0 Å². The summed E-state index contributed by atoms with van der Waals surface area (Å²) in [5.41, 5.74) is 3.24. The zero-order valence-corrected chi connectivity index (χ0v) is 26.2. The fourth-order valence-corrected chi connectivity index (χ4v) is 5.13. The monoisotopic (exact) mass is 582 g/mol. The molecule has 0 spiro atoms. The molecule has 0 amide bonds. The Morgan fingerprint density at radius 2 is 0.667 bits per heavy atom. The first kappa shape index (κ1) is 34.5. The molecule has 0 aromatic heterocycles. The van der Waals surface area contributed by atoms with Crippen LogP contribution in [0.25, 0.3) is 0 Å². The summed E-state index contributed by atoms with van der Waals surface area (Å²) in [6.07, 6.45) is 0. The Kier molecular flexibility index (Phi) is 13.7. The van der Waals surface area contributed by atoms with E-state index < -0.39 is 47.5 Å². The number of hydrogen-bond acceptors (Lipinski definition) is 8. The van der Waals surface area contributed by atoms with E-state index in [2.05, 4.69) is 27.7 Å². The molecule has 0 unspecified atom stereocenters. The maximum Gasteiger partial charge on any atom is 0.320 e. The zero-order chi connectivity index (χ0) is 31.4. The van der Waals surface area contributed by atoms with E-state index in [0.29, 0.717) is 11.1 Å². The van der Waals surface area contributed by atoms with Gasteiger partial charge in [0.1, 0.15) is 0 Å². The molecule has 0 radical (unpaired) electrons. The van der Waals surface area contributed by atoms with Gasteiger partial charge in [-0.05, 0) is 61.8 Å². The summed E-state index contributed by atoms with van der Waals surface area (Å²) in [4.78, 5) is 54.3. The standard InChI is InChI=1S/C34H46O8/c1-9-39-31(35)29(32(36)40-10-2)27(25-17-13-23(14-18-25)21(5)6)28(26-19-15-24(16-20-26)22(7)8)30(33(37)41-11-3)34(38)42-12-4/h13-22,27-30H,9-12H2,1-8H3/t27-,28-/m1/s1. The van der Waals surface area contributed by atoms with Crippen LogP contribution in [-0.4, -0.2) is 50.3 Å². The van der Waals surface area contributed by atoms with E-state index in [1.165, 1.54) is 0 Å². The predicted octanol–water partition coefficient (Wildman–Crippen LogP) is 6.29. The topological polar surface area (TPSA) is 105 Å². The van der Waals surface area contributed by atoms with E-state index >= 15 is 0 Å². The molecule has 0 saturated heterocycles. The van der Waals surface area contributed by atoms with Crippen LogP contribution >= 0.6 is 0 Å². The summed E-state index contributed by atoms with van der Waals surface area (Å²) in [6, 6.07) is 15.0.